The summed E-state index contributed by atoms with van der Waals surface area (Å²) in [5.74, 6) is -3.45. The molecule has 3 N–H and O–H groups in total. The van der Waals surface area contributed by atoms with E-state index in [1.54, 1.807) is 13.8 Å². The van der Waals surface area contributed by atoms with Crippen molar-refractivity contribution >= 4 is 17.8 Å². The molecule has 0 aromatic carbocycles. The van der Waals surface area contributed by atoms with E-state index in [2.05, 4.69) is 5.32 Å². The molecule has 0 aromatic heterocycles. The van der Waals surface area contributed by atoms with Crippen LogP contribution in [0.3, 0.4) is 0 Å². The van der Waals surface area contributed by atoms with Crippen molar-refractivity contribution in [3.8, 4) is 0 Å². The van der Waals surface area contributed by atoms with Gasteiger partial charge in [-0.05, 0) is 5.92 Å². The predicted molar refractivity (Wildman–Crippen MR) is 51.3 cm³/mol. The number of rotatable bonds is 6. The van der Waals surface area contributed by atoms with E-state index in [9.17, 15) is 14.4 Å². The molecular formula is C9H15NO5. The lowest BCUT2D eigenvalue weighted by Crippen LogP contribution is -2.45. The molecule has 6 heteroatoms. The Balaban J connectivity index is 4.35. The number of hydrogen-bond acceptors (Lipinski definition) is 3. The minimum Gasteiger partial charge on any atom is -0.481 e. The zero-order valence-corrected chi connectivity index (χ0v) is 8.69. The molecule has 15 heavy (non-hydrogen) atoms. The fraction of sp³-hybridized carbons (Fsp3) is 0.667. The second-order valence-electron chi connectivity index (χ2n) is 3.34. The molecule has 0 heterocycles. The fourth-order valence-electron chi connectivity index (χ4n) is 1.04. The topological polar surface area (TPSA) is 104 Å². The van der Waals surface area contributed by atoms with Crippen molar-refractivity contribution in [2.45, 2.75) is 32.7 Å². The van der Waals surface area contributed by atoms with Gasteiger partial charge in [-0.2, -0.15) is 0 Å². The summed E-state index contributed by atoms with van der Waals surface area (Å²) in [6.45, 7) is 3.48. The third-order valence-corrected chi connectivity index (χ3v) is 2.11. The van der Waals surface area contributed by atoms with Crippen LogP contribution in [0, 0.1) is 5.92 Å². The maximum absolute atomic E-state index is 11.0. The summed E-state index contributed by atoms with van der Waals surface area (Å²) < 4.78 is 0. The molecule has 6 nitrogen and oxygen atoms in total. The van der Waals surface area contributed by atoms with Gasteiger partial charge in [0.15, 0.2) is 0 Å². The number of carbonyl (C=O) groups excluding carboxylic acids is 1. The first-order chi connectivity index (χ1) is 6.88. The summed E-state index contributed by atoms with van der Waals surface area (Å²) in [4.78, 5) is 32.0. The molecule has 1 amide bonds. The number of carboxylic acid groups (broad SMARTS) is 2. The Hall–Kier alpha value is -1.59. The molecule has 0 radical (unpaired) electrons. The van der Waals surface area contributed by atoms with Gasteiger partial charge in [0.25, 0.3) is 0 Å². The molecule has 2 atom stereocenters. The molecule has 0 rings (SSSR count). The summed E-state index contributed by atoms with van der Waals surface area (Å²) in [7, 11) is 0. The standard InChI is InChI=1S/C9H15NO5/c1-3-5(2)8(9(14)15)10-6(11)4-7(12)13/h5,8H,3-4H2,1-2H3,(H,10,11)(H,12,13)(H,14,15)/t5-,8+/m0/s1. The highest BCUT2D eigenvalue weighted by atomic mass is 16.4. The zero-order valence-electron chi connectivity index (χ0n) is 8.69. The highest BCUT2D eigenvalue weighted by molar-refractivity contribution is 5.95. The van der Waals surface area contributed by atoms with E-state index >= 15 is 0 Å². The molecule has 0 unspecified atom stereocenters. The van der Waals surface area contributed by atoms with Crippen molar-refractivity contribution in [1.29, 1.82) is 0 Å². The summed E-state index contributed by atoms with van der Waals surface area (Å²) in [5, 5.41) is 19.3. The van der Waals surface area contributed by atoms with Crippen LogP contribution in [-0.2, 0) is 14.4 Å². The first kappa shape index (κ1) is 13.4. The first-order valence-electron chi connectivity index (χ1n) is 4.62. The monoisotopic (exact) mass is 217 g/mol. The van der Waals surface area contributed by atoms with Crippen LogP contribution in [0.5, 0.6) is 0 Å². The molecule has 0 saturated heterocycles. The van der Waals surface area contributed by atoms with Crippen LogP contribution in [0.15, 0.2) is 0 Å². The molecule has 0 bridgehead atoms. The van der Waals surface area contributed by atoms with Gasteiger partial charge >= 0.3 is 11.9 Å². The molecule has 0 aliphatic heterocycles. The van der Waals surface area contributed by atoms with Crippen LogP contribution < -0.4 is 5.32 Å². The Morgan fingerprint density at radius 2 is 1.80 bits per heavy atom. The van der Waals surface area contributed by atoms with Crippen LogP contribution in [0.4, 0.5) is 0 Å². The highest BCUT2D eigenvalue weighted by Gasteiger charge is 2.25. The molecule has 0 saturated carbocycles. The minimum absolute atomic E-state index is 0.236. The summed E-state index contributed by atoms with van der Waals surface area (Å²) in [6, 6.07) is -1.03. The highest BCUT2D eigenvalue weighted by Crippen LogP contribution is 2.07. The van der Waals surface area contributed by atoms with Crippen LogP contribution in [0.25, 0.3) is 0 Å². The van der Waals surface area contributed by atoms with Crippen molar-refractivity contribution in [1.82, 2.24) is 5.32 Å². The second kappa shape index (κ2) is 6.00. The number of carboxylic acids is 2. The molecule has 0 aliphatic rings. The molecule has 0 aliphatic carbocycles. The lowest BCUT2D eigenvalue weighted by molar-refractivity contribution is -0.146. The molecule has 0 aromatic rings. The van der Waals surface area contributed by atoms with Gasteiger partial charge in [-0.1, -0.05) is 20.3 Å². The molecular weight excluding hydrogens is 202 g/mol. The molecule has 0 fully saturated rings. The molecule has 86 valence electrons. The van der Waals surface area contributed by atoms with Crippen LogP contribution >= 0.6 is 0 Å². The van der Waals surface area contributed by atoms with Crippen molar-refractivity contribution in [2.24, 2.45) is 5.92 Å². The van der Waals surface area contributed by atoms with Gasteiger partial charge in [0.1, 0.15) is 12.5 Å². The van der Waals surface area contributed by atoms with Crippen molar-refractivity contribution < 1.29 is 24.6 Å². The zero-order chi connectivity index (χ0) is 12.0. The van der Waals surface area contributed by atoms with Gasteiger partial charge in [-0.3, -0.25) is 9.59 Å². The van der Waals surface area contributed by atoms with Gasteiger partial charge in [0, 0.05) is 0 Å². The third kappa shape index (κ3) is 4.99. The van der Waals surface area contributed by atoms with Crippen molar-refractivity contribution in [3.05, 3.63) is 0 Å². The average molecular weight is 217 g/mol. The predicted octanol–water partition coefficient (Wildman–Crippen LogP) is 0.0766. The Kier molecular flexibility index (Phi) is 5.36. The average Bonchev–Trinajstić information content (AvgIpc) is 2.11. The quantitative estimate of drug-likeness (QED) is 0.546. The SMILES string of the molecule is CC[C@H](C)[C@@H](NC(=O)CC(=O)O)C(=O)O. The van der Waals surface area contributed by atoms with Gasteiger partial charge in [-0.25, -0.2) is 4.79 Å². The van der Waals surface area contributed by atoms with Crippen LogP contribution in [0.1, 0.15) is 26.7 Å². The van der Waals surface area contributed by atoms with Crippen LogP contribution in [-0.4, -0.2) is 34.1 Å². The summed E-state index contributed by atoms with van der Waals surface area (Å²) >= 11 is 0. The van der Waals surface area contributed by atoms with E-state index in [4.69, 9.17) is 10.2 Å². The van der Waals surface area contributed by atoms with Crippen molar-refractivity contribution in [2.75, 3.05) is 0 Å². The largest absolute Gasteiger partial charge is 0.481 e. The van der Waals surface area contributed by atoms with E-state index in [1.807, 2.05) is 0 Å². The lowest BCUT2D eigenvalue weighted by atomic mass is 9.99. The fourth-order valence-corrected chi connectivity index (χ4v) is 1.04. The Bertz CT molecular complexity index is 263. The number of nitrogens with one attached hydrogen (secondary N) is 1. The van der Waals surface area contributed by atoms with E-state index in [0.29, 0.717) is 6.42 Å². The normalized spacial score (nSPS) is 14.0. The van der Waals surface area contributed by atoms with Crippen LogP contribution in [0.2, 0.25) is 0 Å². The number of carbonyl (C=O) groups is 3. The maximum Gasteiger partial charge on any atom is 0.326 e. The van der Waals surface area contributed by atoms with E-state index in [-0.39, 0.29) is 5.92 Å². The summed E-state index contributed by atoms with van der Waals surface area (Å²) in [5.41, 5.74) is 0. The van der Waals surface area contributed by atoms with Gasteiger partial charge in [-0.15, -0.1) is 0 Å². The maximum atomic E-state index is 11.0. The Morgan fingerprint density at radius 3 is 2.13 bits per heavy atom. The second-order valence-corrected chi connectivity index (χ2v) is 3.34. The number of aliphatic carboxylic acids is 2. The third-order valence-electron chi connectivity index (χ3n) is 2.11. The Labute approximate surface area is 87.3 Å². The first-order valence-corrected chi connectivity index (χ1v) is 4.62. The number of hydrogen-bond donors (Lipinski definition) is 3. The molecule has 0 spiro atoms. The lowest BCUT2D eigenvalue weighted by Gasteiger charge is -2.19. The summed E-state index contributed by atoms with van der Waals surface area (Å²) in [6.07, 6.45) is -0.121. The number of amides is 1. The van der Waals surface area contributed by atoms with E-state index in [0.717, 1.165) is 0 Å². The van der Waals surface area contributed by atoms with E-state index in [1.165, 1.54) is 0 Å². The van der Waals surface area contributed by atoms with Gasteiger partial charge in [0.2, 0.25) is 5.91 Å². The van der Waals surface area contributed by atoms with Crippen molar-refractivity contribution in [3.63, 3.8) is 0 Å². The minimum atomic E-state index is -1.28. The van der Waals surface area contributed by atoms with Gasteiger partial charge < -0.3 is 15.5 Å². The van der Waals surface area contributed by atoms with Gasteiger partial charge in [0.05, 0.1) is 0 Å². The smallest absolute Gasteiger partial charge is 0.326 e. The van der Waals surface area contributed by atoms with E-state index < -0.39 is 30.3 Å². The Morgan fingerprint density at radius 1 is 1.27 bits per heavy atom.